The Labute approximate surface area is 144 Å². The lowest BCUT2D eigenvalue weighted by molar-refractivity contribution is -0.485. The van der Waals surface area contributed by atoms with E-state index in [0.29, 0.717) is 30.5 Å². The van der Waals surface area contributed by atoms with E-state index in [2.05, 4.69) is 5.10 Å². The smallest absolute Gasteiger partial charge is 0.275 e. The van der Waals surface area contributed by atoms with E-state index in [1.807, 2.05) is 0 Å². The summed E-state index contributed by atoms with van der Waals surface area (Å²) in [6.45, 7) is 1.74. The average Bonchev–Trinajstić information content (AvgIpc) is 2.56. The number of benzene rings is 1. The summed E-state index contributed by atoms with van der Waals surface area (Å²) in [4.78, 5) is 35.3. The lowest BCUT2D eigenvalue weighted by atomic mass is 10.1. The van der Waals surface area contributed by atoms with Crippen molar-refractivity contribution in [3.8, 4) is 0 Å². The van der Waals surface area contributed by atoms with Crippen molar-refractivity contribution in [2.45, 2.75) is 32.4 Å². The van der Waals surface area contributed by atoms with Crippen LogP contribution >= 0.6 is 0 Å². The van der Waals surface area contributed by atoms with Crippen molar-refractivity contribution in [1.82, 2.24) is 4.90 Å². The molecule has 25 heavy (non-hydrogen) atoms. The third kappa shape index (κ3) is 6.28. The first-order valence-corrected chi connectivity index (χ1v) is 7.61. The molecule has 136 valence electrons. The van der Waals surface area contributed by atoms with Crippen LogP contribution in [-0.2, 0) is 11.3 Å². The van der Waals surface area contributed by atoms with Crippen molar-refractivity contribution in [1.29, 1.82) is 0 Å². The zero-order chi connectivity index (χ0) is 19.0. The summed E-state index contributed by atoms with van der Waals surface area (Å²) in [5.41, 5.74) is 17.9. The molecular formula is C15H22N6O4. The van der Waals surface area contributed by atoms with E-state index < -0.39 is 22.9 Å². The second kappa shape index (κ2) is 9.45. The number of amides is 1. The van der Waals surface area contributed by atoms with Crippen LogP contribution in [0.1, 0.15) is 35.7 Å². The van der Waals surface area contributed by atoms with Crippen molar-refractivity contribution in [2.75, 3.05) is 6.54 Å². The van der Waals surface area contributed by atoms with Gasteiger partial charge in [0, 0.05) is 5.56 Å². The van der Waals surface area contributed by atoms with Crippen molar-refractivity contribution in [3.05, 3.63) is 45.5 Å². The fourth-order valence-corrected chi connectivity index (χ4v) is 2.10. The Morgan fingerprint density at radius 3 is 2.40 bits per heavy atom. The van der Waals surface area contributed by atoms with Crippen LogP contribution in [-0.4, -0.2) is 40.2 Å². The fraction of sp³-hybridized carbons (Fsp3) is 0.400. The third-order valence-corrected chi connectivity index (χ3v) is 3.46. The second-order valence-electron chi connectivity index (χ2n) is 5.41. The molecule has 1 atom stereocenters. The van der Waals surface area contributed by atoms with Crippen LogP contribution in [0.2, 0.25) is 0 Å². The van der Waals surface area contributed by atoms with Gasteiger partial charge < -0.3 is 17.2 Å². The molecule has 10 nitrogen and oxygen atoms in total. The number of carbonyl (C=O) groups excluding carboxylic acids is 2. The van der Waals surface area contributed by atoms with Crippen LogP contribution < -0.4 is 17.2 Å². The highest BCUT2D eigenvalue weighted by molar-refractivity contribution is 5.98. The number of nitro groups is 1. The van der Waals surface area contributed by atoms with E-state index in [1.54, 1.807) is 24.3 Å². The van der Waals surface area contributed by atoms with Gasteiger partial charge in [-0.3, -0.25) is 14.5 Å². The number of carbonyl (C=O) groups is 2. The van der Waals surface area contributed by atoms with E-state index in [0.717, 1.165) is 4.90 Å². The first-order chi connectivity index (χ1) is 11.8. The molecule has 0 radical (unpaired) electrons. The summed E-state index contributed by atoms with van der Waals surface area (Å²) >= 11 is 0. The van der Waals surface area contributed by atoms with Crippen molar-refractivity contribution in [2.24, 2.45) is 22.3 Å². The number of rotatable bonds is 8. The molecule has 6 N–H and O–H groups in total. The molecule has 0 spiro atoms. The molecule has 0 saturated heterocycles. The van der Waals surface area contributed by atoms with Gasteiger partial charge in [0.25, 0.3) is 5.96 Å². The summed E-state index contributed by atoms with van der Waals surface area (Å²) in [6, 6.07) is 5.54. The minimum atomic E-state index is -0.986. The Morgan fingerprint density at radius 2 is 1.92 bits per heavy atom. The molecule has 0 aliphatic carbocycles. The number of hydrazone groups is 1. The predicted molar refractivity (Wildman–Crippen MR) is 91.9 cm³/mol. The second-order valence-corrected chi connectivity index (χ2v) is 5.41. The van der Waals surface area contributed by atoms with Gasteiger partial charge in [-0.2, -0.15) is 0 Å². The molecule has 1 rings (SSSR count). The summed E-state index contributed by atoms with van der Waals surface area (Å²) < 4.78 is 0. The van der Waals surface area contributed by atoms with Crippen LogP contribution in [0.15, 0.2) is 29.4 Å². The number of nitrogens with two attached hydrogens (primary N) is 3. The van der Waals surface area contributed by atoms with E-state index >= 15 is 0 Å². The zero-order valence-corrected chi connectivity index (χ0v) is 13.9. The van der Waals surface area contributed by atoms with Crippen LogP contribution in [0.5, 0.6) is 0 Å². The van der Waals surface area contributed by atoms with E-state index in [1.165, 1.54) is 6.92 Å². The number of guanidine groups is 1. The summed E-state index contributed by atoms with van der Waals surface area (Å²) in [6.07, 6.45) is 0.848. The molecule has 10 heteroatoms. The highest BCUT2D eigenvalue weighted by atomic mass is 16.7. The van der Waals surface area contributed by atoms with Gasteiger partial charge in [-0.25, -0.2) is 10.1 Å². The van der Waals surface area contributed by atoms with Gasteiger partial charge >= 0.3 is 0 Å². The molecule has 0 fully saturated rings. The standard InChI is InChI=1S/C15H22N6O4/c1-10(22)12-6-4-11(5-7-12)9-20(15(18)19-21(24)25)14(23)13(17)3-2-8-16/h4-7,13H,2-3,8-9,16-17H2,1H3,(H2,18,19)/t13-/m1/s1. The Morgan fingerprint density at radius 1 is 1.32 bits per heavy atom. The first kappa shape index (κ1) is 20.2. The van der Waals surface area contributed by atoms with Gasteiger partial charge in [-0.15, -0.1) is 0 Å². The first-order valence-electron chi connectivity index (χ1n) is 7.61. The van der Waals surface area contributed by atoms with Gasteiger partial charge in [0.05, 0.1) is 12.6 Å². The maximum atomic E-state index is 12.5. The molecule has 1 amide bonds. The van der Waals surface area contributed by atoms with E-state index in [4.69, 9.17) is 17.2 Å². The molecule has 0 unspecified atom stereocenters. The molecule has 1 aromatic rings. The SMILES string of the molecule is CC(=O)c1ccc(CN(C(=O)[C@H](N)CCCN)/C(N)=N\[N+](=O)[O-])cc1. The maximum absolute atomic E-state index is 12.5. The number of hydrogen-bond donors (Lipinski definition) is 3. The van der Waals surface area contributed by atoms with Gasteiger partial charge in [0.2, 0.25) is 5.91 Å². The van der Waals surface area contributed by atoms with Crippen LogP contribution in [0.3, 0.4) is 0 Å². The Hall–Kier alpha value is -2.85. The number of ketones is 1. The third-order valence-electron chi connectivity index (χ3n) is 3.46. The van der Waals surface area contributed by atoms with Crippen molar-refractivity contribution >= 4 is 17.6 Å². The molecule has 0 aliphatic heterocycles. The van der Waals surface area contributed by atoms with E-state index in [9.17, 15) is 19.7 Å². The van der Waals surface area contributed by atoms with Crippen LogP contribution in [0.25, 0.3) is 0 Å². The van der Waals surface area contributed by atoms with Crippen LogP contribution in [0.4, 0.5) is 0 Å². The zero-order valence-electron chi connectivity index (χ0n) is 13.9. The molecule has 0 saturated carbocycles. The largest absolute Gasteiger partial charge is 0.364 e. The van der Waals surface area contributed by atoms with Crippen molar-refractivity contribution in [3.63, 3.8) is 0 Å². The van der Waals surface area contributed by atoms with Gasteiger partial charge in [0.1, 0.15) is 5.10 Å². The minimum Gasteiger partial charge on any atom is -0.364 e. The normalized spacial score (nSPS) is 12.5. The molecule has 0 aromatic heterocycles. The highest BCUT2D eigenvalue weighted by Gasteiger charge is 2.25. The molecule has 0 aliphatic rings. The number of hydrogen-bond acceptors (Lipinski definition) is 6. The molecule has 0 heterocycles. The molecule has 0 bridgehead atoms. The molecular weight excluding hydrogens is 328 g/mol. The predicted octanol–water partition coefficient (Wildman–Crippen LogP) is -0.210. The van der Waals surface area contributed by atoms with Crippen LogP contribution in [0, 0.1) is 10.1 Å². The lowest BCUT2D eigenvalue weighted by Crippen LogP contribution is -2.49. The fourth-order valence-electron chi connectivity index (χ4n) is 2.10. The van der Waals surface area contributed by atoms with Crippen molar-refractivity contribution < 1.29 is 14.6 Å². The average molecular weight is 350 g/mol. The lowest BCUT2D eigenvalue weighted by Gasteiger charge is -2.23. The van der Waals surface area contributed by atoms with Gasteiger partial charge in [0.15, 0.2) is 10.8 Å². The maximum Gasteiger partial charge on any atom is 0.275 e. The summed E-state index contributed by atoms with van der Waals surface area (Å²) in [5.74, 6) is -1.25. The quantitative estimate of drug-likeness (QED) is 0.191. The Kier molecular flexibility index (Phi) is 7.63. The van der Waals surface area contributed by atoms with E-state index in [-0.39, 0.29) is 12.3 Å². The topological polar surface area (TPSA) is 171 Å². The number of nitrogens with zero attached hydrogens (tertiary/aromatic N) is 3. The summed E-state index contributed by atoms with van der Waals surface area (Å²) in [5, 5.41) is 12.6. The Bertz CT molecular complexity index is 658. The molecule has 1 aromatic carbocycles. The Balaban J connectivity index is 3.03. The van der Waals surface area contributed by atoms with Gasteiger partial charge in [-0.05, 0) is 31.9 Å². The summed E-state index contributed by atoms with van der Waals surface area (Å²) in [7, 11) is 0. The monoisotopic (exact) mass is 350 g/mol. The number of Topliss-reactive ketones (excluding diaryl/α,β-unsaturated/α-hetero) is 1. The van der Waals surface area contributed by atoms with Gasteiger partial charge in [-0.1, -0.05) is 24.3 Å². The minimum absolute atomic E-state index is 0.0590. The highest BCUT2D eigenvalue weighted by Crippen LogP contribution is 2.10.